The fourth-order valence-corrected chi connectivity index (χ4v) is 5.24. The van der Waals surface area contributed by atoms with Crippen molar-refractivity contribution >= 4 is 56.3 Å². The fraction of sp³-hybridized carbons (Fsp3) is 0.103. The topological polar surface area (TPSA) is 84.2 Å². The second kappa shape index (κ2) is 12.1. The molecule has 5 aromatic rings. The fourth-order valence-electron chi connectivity index (χ4n) is 3.94. The number of aromatic nitrogens is 3. The van der Waals surface area contributed by atoms with E-state index in [2.05, 4.69) is 66.2 Å². The molecule has 0 fully saturated rings. The van der Waals surface area contributed by atoms with Gasteiger partial charge in [0.15, 0.2) is 11.0 Å². The lowest BCUT2D eigenvalue weighted by Crippen LogP contribution is -2.27. The van der Waals surface area contributed by atoms with Gasteiger partial charge in [-0.25, -0.2) is 5.43 Å². The van der Waals surface area contributed by atoms with E-state index in [1.807, 2.05) is 84.3 Å². The van der Waals surface area contributed by atoms with Crippen LogP contribution < -0.4 is 10.7 Å². The van der Waals surface area contributed by atoms with Gasteiger partial charge in [0.1, 0.15) is 0 Å². The first-order valence-corrected chi connectivity index (χ1v) is 13.7. The number of thioether (sulfide) groups is 1. The maximum absolute atomic E-state index is 12.8. The first-order valence-electron chi connectivity index (χ1n) is 12.0. The molecule has 7 nitrogen and oxygen atoms in total. The molecule has 0 saturated heterocycles. The summed E-state index contributed by atoms with van der Waals surface area (Å²) >= 11 is 4.77. The van der Waals surface area contributed by atoms with Crippen LogP contribution in [0.25, 0.3) is 16.5 Å². The average Bonchev–Trinajstić information content (AvgIpc) is 3.34. The van der Waals surface area contributed by atoms with Crippen LogP contribution >= 0.6 is 27.7 Å². The molecule has 190 valence electrons. The molecule has 1 amide bonds. The second-order valence-corrected chi connectivity index (χ2v) is 10.7. The predicted octanol–water partition coefficient (Wildman–Crippen LogP) is 6.43. The van der Waals surface area contributed by atoms with Crippen LogP contribution in [0.5, 0.6) is 0 Å². The summed E-state index contributed by atoms with van der Waals surface area (Å²) in [5.74, 6) is 0.520. The SMILES string of the molecule is C[C@H](Sc1nnc(CNc2cccc3ccccc23)n1-c1ccccc1)C(=O)N/N=C\c1cccc(Br)c1. The highest BCUT2D eigenvalue weighted by Gasteiger charge is 2.21. The molecule has 0 aliphatic rings. The Bertz CT molecular complexity index is 1580. The van der Waals surface area contributed by atoms with Crippen LogP contribution in [0.4, 0.5) is 5.69 Å². The molecule has 0 unspecified atom stereocenters. The number of anilines is 1. The lowest BCUT2D eigenvalue weighted by Gasteiger charge is -2.14. The van der Waals surface area contributed by atoms with Gasteiger partial charge in [0, 0.05) is 21.2 Å². The highest BCUT2D eigenvalue weighted by molar-refractivity contribution is 9.10. The summed E-state index contributed by atoms with van der Waals surface area (Å²) in [6, 6.07) is 32.0. The minimum atomic E-state index is -0.444. The number of hydrogen-bond donors (Lipinski definition) is 2. The maximum Gasteiger partial charge on any atom is 0.253 e. The van der Waals surface area contributed by atoms with Gasteiger partial charge in [0.05, 0.1) is 18.0 Å². The predicted molar refractivity (Wildman–Crippen MR) is 158 cm³/mol. The summed E-state index contributed by atoms with van der Waals surface area (Å²) in [4.78, 5) is 12.8. The molecule has 5 rings (SSSR count). The number of fused-ring (bicyclic) bond motifs is 1. The van der Waals surface area contributed by atoms with Crippen LogP contribution in [0, 0.1) is 0 Å². The average molecular weight is 586 g/mol. The molecule has 0 aliphatic heterocycles. The number of amides is 1. The monoisotopic (exact) mass is 584 g/mol. The minimum Gasteiger partial charge on any atom is -0.377 e. The number of rotatable bonds is 9. The van der Waals surface area contributed by atoms with Crippen molar-refractivity contribution in [1.82, 2.24) is 20.2 Å². The smallest absolute Gasteiger partial charge is 0.253 e. The number of hydrogen-bond acceptors (Lipinski definition) is 6. The van der Waals surface area contributed by atoms with Crippen LogP contribution in [0.3, 0.4) is 0 Å². The molecule has 1 heterocycles. The summed E-state index contributed by atoms with van der Waals surface area (Å²) in [6.45, 7) is 2.29. The standard InChI is InChI=1S/C29H25BrN6OS/c1-20(28(37)34-32-18-21-9-7-12-23(30)17-21)38-29-35-33-27(36(29)24-13-3-2-4-14-24)19-31-26-16-8-11-22-10-5-6-15-25(22)26/h2-18,20,31H,19H2,1H3,(H,34,37)/b32-18-/t20-/m0/s1. The Labute approximate surface area is 233 Å². The zero-order valence-electron chi connectivity index (χ0n) is 20.6. The van der Waals surface area contributed by atoms with Gasteiger partial charge in [-0.2, -0.15) is 5.10 Å². The number of halogens is 1. The minimum absolute atomic E-state index is 0.223. The van der Waals surface area contributed by atoms with Crippen LogP contribution in [0.2, 0.25) is 0 Å². The van der Waals surface area contributed by atoms with Gasteiger partial charge in [-0.3, -0.25) is 9.36 Å². The summed E-state index contributed by atoms with van der Waals surface area (Å²) < 4.78 is 2.93. The Hall–Kier alpha value is -3.95. The molecule has 0 radical (unpaired) electrons. The van der Waals surface area contributed by atoms with Crippen LogP contribution in [-0.2, 0) is 11.3 Å². The van der Waals surface area contributed by atoms with Crippen molar-refractivity contribution in [1.29, 1.82) is 0 Å². The molecular weight excluding hydrogens is 560 g/mol. The van der Waals surface area contributed by atoms with E-state index in [1.54, 1.807) is 6.21 Å². The number of hydrazone groups is 1. The van der Waals surface area contributed by atoms with E-state index < -0.39 is 5.25 Å². The van der Waals surface area contributed by atoms with Gasteiger partial charge >= 0.3 is 0 Å². The van der Waals surface area contributed by atoms with E-state index >= 15 is 0 Å². The molecule has 2 N–H and O–H groups in total. The molecule has 38 heavy (non-hydrogen) atoms. The molecule has 4 aromatic carbocycles. The van der Waals surface area contributed by atoms with Crippen molar-refractivity contribution in [3.8, 4) is 5.69 Å². The van der Waals surface area contributed by atoms with Gasteiger partial charge in [0.2, 0.25) is 0 Å². The second-order valence-electron chi connectivity index (χ2n) is 8.50. The number of carbonyl (C=O) groups is 1. The van der Waals surface area contributed by atoms with E-state index in [-0.39, 0.29) is 5.91 Å². The largest absolute Gasteiger partial charge is 0.377 e. The number of benzene rings is 4. The molecule has 1 aromatic heterocycles. The lowest BCUT2D eigenvalue weighted by molar-refractivity contribution is -0.120. The number of nitrogens with one attached hydrogen (secondary N) is 2. The van der Waals surface area contributed by atoms with Crippen molar-refractivity contribution in [2.75, 3.05) is 5.32 Å². The highest BCUT2D eigenvalue weighted by Crippen LogP contribution is 2.27. The third-order valence-electron chi connectivity index (χ3n) is 5.83. The number of nitrogens with zero attached hydrogens (tertiary/aromatic N) is 4. The Morgan fingerprint density at radius 2 is 1.76 bits per heavy atom. The van der Waals surface area contributed by atoms with Gasteiger partial charge in [-0.1, -0.05) is 94.4 Å². The van der Waals surface area contributed by atoms with Crippen molar-refractivity contribution < 1.29 is 4.79 Å². The van der Waals surface area contributed by atoms with Crippen LogP contribution in [-0.4, -0.2) is 32.1 Å². The summed E-state index contributed by atoms with van der Waals surface area (Å²) in [6.07, 6.45) is 1.61. The van der Waals surface area contributed by atoms with Gasteiger partial charge in [0.25, 0.3) is 5.91 Å². The highest BCUT2D eigenvalue weighted by atomic mass is 79.9. The Kier molecular flexibility index (Phi) is 8.15. The molecule has 0 saturated carbocycles. The molecule has 0 spiro atoms. The van der Waals surface area contributed by atoms with E-state index in [1.165, 1.54) is 17.1 Å². The molecule has 9 heteroatoms. The molecule has 0 bridgehead atoms. The molecule has 1 atom stereocenters. The van der Waals surface area contributed by atoms with Crippen LogP contribution in [0.1, 0.15) is 18.3 Å². The normalized spacial score (nSPS) is 12.1. The van der Waals surface area contributed by atoms with Crippen molar-refractivity contribution in [2.45, 2.75) is 23.9 Å². The first kappa shape index (κ1) is 25.7. The van der Waals surface area contributed by atoms with Gasteiger partial charge < -0.3 is 5.32 Å². The van der Waals surface area contributed by atoms with Crippen LogP contribution in [0.15, 0.2) is 112 Å². The third kappa shape index (κ3) is 6.12. The summed E-state index contributed by atoms with van der Waals surface area (Å²) in [7, 11) is 0. The van der Waals surface area contributed by atoms with E-state index in [0.29, 0.717) is 11.7 Å². The van der Waals surface area contributed by atoms with Crippen molar-refractivity contribution in [3.05, 3.63) is 113 Å². The number of carbonyl (C=O) groups excluding carboxylic acids is 1. The Morgan fingerprint density at radius 1 is 1.00 bits per heavy atom. The van der Waals surface area contributed by atoms with Gasteiger partial charge in [-0.15, -0.1) is 10.2 Å². The van der Waals surface area contributed by atoms with Gasteiger partial charge in [-0.05, 0) is 48.2 Å². The maximum atomic E-state index is 12.8. The summed E-state index contributed by atoms with van der Waals surface area (Å²) in [5, 5.41) is 19.0. The number of para-hydroxylation sites is 1. The lowest BCUT2D eigenvalue weighted by atomic mass is 10.1. The van der Waals surface area contributed by atoms with Crippen molar-refractivity contribution in [2.24, 2.45) is 5.10 Å². The van der Waals surface area contributed by atoms with E-state index in [4.69, 9.17) is 0 Å². The van der Waals surface area contributed by atoms with E-state index in [0.717, 1.165) is 32.6 Å². The quantitative estimate of drug-likeness (QED) is 0.118. The third-order valence-corrected chi connectivity index (χ3v) is 7.37. The Balaban J connectivity index is 1.33. The van der Waals surface area contributed by atoms with E-state index in [9.17, 15) is 4.79 Å². The van der Waals surface area contributed by atoms with Crippen molar-refractivity contribution in [3.63, 3.8) is 0 Å². The first-order chi connectivity index (χ1) is 18.6. The zero-order valence-corrected chi connectivity index (χ0v) is 23.0. The zero-order chi connectivity index (χ0) is 26.3. The summed E-state index contributed by atoms with van der Waals surface area (Å²) in [5.41, 5.74) is 5.46. The Morgan fingerprint density at radius 3 is 2.61 bits per heavy atom. The molecule has 0 aliphatic carbocycles. The molecular formula is C29H25BrN6OS.